The van der Waals surface area contributed by atoms with Gasteiger partial charge in [0.1, 0.15) is 0 Å². The lowest BCUT2D eigenvalue weighted by atomic mass is 10.4. The van der Waals surface area contributed by atoms with Crippen LogP contribution in [0.1, 0.15) is 0 Å². The summed E-state index contributed by atoms with van der Waals surface area (Å²) in [5.74, 6) is -2.73. The van der Waals surface area contributed by atoms with Gasteiger partial charge in [-0.3, -0.25) is 0 Å². The molecular weight excluding hydrogens is 266 g/mol. The van der Waals surface area contributed by atoms with Crippen molar-refractivity contribution in [2.75, 3.05) is 0 Å². The van der Waals surface area contributed by atoms with Crippen LogP contribution in [0, 0.1) is 0 Å². The van der Waals surface area contributed by atoms with Gasteiger partial charge in [0.15, 0.2) is 0 Å². The summed E-state index contributed by atoms with van der Waals surface area (Å²) in [7, 11) is -5.28. The van der Waals surface area contributed by atoms with Crippen LogP contribution in [-0.2, 0) is 14.6 Å². The van der Waals surface area contributed by atoms with E-state index in [1.165, 1.54) is 6.07 Å². The van der Waals surface area contributed by atoms with Crippen LogP contribution >= 0.6 is 11.6 Å². The third kappa shape index (κ3) is 2.00. The molecule has 0 aromatic heterocycles. The molecule has 0 aliphatic rings. The summed E-state index contributed by atoms with van der Waals surface area (Å²) >= 11 is 5.42. The Bertz CT molecular complexity index is 527. The molecule has 1 aromatic rings. The molecule has 0 aliphatic heterocycles. The topological polar surface area (TPSA) is 71.4 Å². The Morgan fingerprint density at radius 3 is 2.38 bits per heavy atom. The zero-order valence-corrected chi connectivity index (χ0v) is 9.10. The Labute approximate surface area is 94.4 Å². The van der Waals surface area contributed by atoms with E-state index in [1.54, 1.807) is 0 Å². The van der Waals surface area contributed by atoms with Gasteiger partial charge in [-0.2, -0.15) is 8.78 Å². The van der Waals surface area contributed by atoms with Gasteiger partial charge in [0, 0.05) is 5.02 Å². The number of aliphatic carboxylic acids is 1. The predicted octanol–water partition coefficient (Wildman–Crippen LogP) is 1.79. The minimum Gasteiger partial charge on any atom is -0.476 e. The summed E-state index contributed by atoms with van der Waals surface area (Å²) < 4.78 is 48.3. The van der Waals surface area contributed by atoms with Gasteiger partial charge < -0.3 is 5.11 Å². The van der Waals surface area contributed by atoms with Gasteiger partial charge in [0.2, 0.25) is 0 Å². The monoisotopic (exact) mass is 270 g/mol. The average Bonchev–Trinajstić information content (AvgIpc) is 2.17. The van der Waals surface area contributed by atoms with Crippen LogP contribution in [0.15, 0.2) is 29.2 Å². The van der Waals surface area contributed by atoms with Crippen molar-refractivity contribution in [2.45, 2.75) is 10.2 Å². The van der Waals surface area contributed by atoms with E-state index in [0.29, 0.717) is 0 Å². The van der Waals surface area contributed by atoms with Crippen molar-refractivity contribution in [3.05, 3.63) is 29.3 Å². The Hall–Kier alpha value is -1.21. The van der Waals surface area contributed by atoms with Crippen molar-refractivity contribution in [3.63, 3.8) is 0 Å². The minimum atomic E-state index is -5.28. The number of carboxylic acid groups (broad SMARTS) is 1. The fourth-order valence-corrected chi connectivity index (χ4v) is 2.22. The maximum absolute atomic E-state index is 12.9. The van der Waals surface area contributed by atoms with Gasteiger partial charge in [-0.1, -0.05) is 17.7 Å². The lowest BCUT2D eigenvalue weighted by Crippen LogP contribution is -2.37. The number of hydrogen-bond acceptors (Lipinski definition) is 3. The summed E-state index contributed by atoms with van der Waals surface area (Å²) in [4.78, 5) is 9.32. The highest BCUT2D eigenvalue weighted by molar-refractivity contribution is 7.93. The second-order valence-electron chi connectivity index (χ2n) is 2.78. The molecule has 0 aliphatic carbocycles. The van der Waals surface area contributed by atoms with Crippen LogP contribution in [0.4, 0.5) is 8.78 Å². The number of rotatable bonds is 3. The lowest BCUT2D eigenvalue weighted by molar-refractivity contribution is -0.153. The van der Waals surface area contributed by atoms with Crippen LogP contribution in [0.3, 0.4) is 0 Å². The van der Waals surface area contributed by atoms with E-state index < -0.39 is 26.0 Å². The zero-order chi connectivity index (χ0) is 12.6. The van der Waals surface area contributed by atoms with E-state index in [-0.39, 0.29) is 5.02 Å². The van der Waals surface area contributed by atoms with Crippen LogP contribution in [0.25, 0.3) is 0 Å². The van der Waals surface area contributed by atoms with Gasteiger partial charge >= 0.3 is 11.2 Å². The summed E-state index contributed by atoms with van der Waals surface area (Å²) in [6, 6.07) is 4.01. The fourth-order valence-electron chi connectivity index (χ4n) is 0.897. The van der Waals surface area contributed by atoms with Crippen LogP contribution in [0.2, 0.25) is 5.02 Å². The molecule has 0 unspecified atom stereocenters. The molecule has 88 valence electrons. The highest BCUT2D eigenvalue weighted by Crippen LogP contribution is 2.30. The van der Waals surface area contributed by atoms with Crippen LogP contribution in [-0.4, -0.2) is 24.7 Å². The molecule has 0 bridgehead atoms. The number of alkyl halides is 2. The number of carboxylic acids is 1. The third-order valence-electron chi connectivity index (χ3n) is 1.69. The van der Waals surface area contributed by atoms with E-state index in [4.69, 9.17) is 16.7 Å². The number of carbonyl (C=O) groups is 1. The Kier molecular flexibility index (Phi) is 3.20. The molecule has 0 spiro atoms. The summed E-state index contributed by atoms with van der Waals surface area (Å²) in [5.41, 5.74) is 0. The molecule has 0 saturated carbocycles. The third-order valence-corrected chi connectivity index (χ3v) is 3.65. The largest absolute Gasteiger partial charge is 0.476 e. The molecule has 0 heterocycles. The number of sulfone groups is 1. The molecule has 0 radical (unpaired) electrons. The highest BCUT2D eigenvalue weighted by Gasteiger charge is 2.53. The van der Waals surface area contributed by atoms with Crippen molar-refractivity contribution in [1.29, 1.82) is 0 Å². The van der Waals surface area contributed by atoms with E-state index >= 15 is 0 Å². The van der Waals surface area contributed by atoms with Crippen molar-refractivity contribution in [1.82, 2.24) is 0 Å². The second-order valence-corrected chi connectivity index (χ2v) is 5.21. The van der Waals surface area contributed by atoms with Crippen molar-refractivity contribution in [2.24, 2.45) is 0 Å². The molecule has 1 N–H and O–H groups in total. The Morgan fingerprint density at radius 2 is 1.94 bits per heavy atom. The normalized spacial score (nSPS) is 12.4. The summed E-state index contributed by atoms with van der Waals surface area (Å²) in [5, 5.41) is 3.19. The van der Waals surface area contributed by atoms with Crippen LogP contribution < -0.4 is 0 Å². The smallest absolute Gasteiger partial charge is 0.444 e. The first-order valence-corrected chi connectivity index (χ1v) is 5.67. The van der Waals surface area contributed by atoms with E-state index in [1.807, 2.05) is 0 Å². The van der Waals surface area contributed by atoms with E-state index in [9.17, 15) is 22.0 Å². The van der Waals surface area contributed by atoms with Gasteiger partial charge in [0.05, 0.1) is 4.90 Å². The molecular formula is C8H5ClF2O4S. The Balaban J connectivity index is 3.39. The van der Waals surface area contributed by atoms with E-state index in [0.717, 1.165) is 18.2 Å². The molecule has 0 atom stereocenters. The standard InChI is InChI=1S/C8H5ClF2O4S/c9-5-2-1-3-6(4-5)16(14,15)8(10,11)7(12)13/h1-4H,(H,12,13). The quantitative estimate of drug-likeness (QED) is 0.909. The van der Waals surface area contributed by atoms with Crippen molar-refractivity contribution < 1.29 is 27.1 Å². The van der Waals surface area contributed by atoms with Gasteiger partial charge in [0.25, 0.3) is 9.84 Å². The van der Waals surface area contributed by atoms with E-state index in [2.05, 4.69) is 0 Å². The second kappa shape index (κ2) is 3.99. The first kappa shape index (κ1) is 12.9. The van der Waals surface area contributed by atoms with Gasteiger partial charge in [-0.05, 0) is 18.2 Å². The molecule has 16 heavy (non-hydrogen) atoms. The average molecular weight is 271 g/mol. The first-order chi connectivity index (χ1) is 7.19. The molecule has 1 aromatic carbocycles. The fraction of sp³-hybridized carbons (Fsp3) is 0.125. The minimum absolute atomic E-state index is 0.0812. The molecule has 0 amide bonds. The lowest BCUT2D eigenvalue weighted by Gasteiger charge is -2.12. The number of halogens is 3. The molecule has 1 rings (SSSR count). The zero-order valence-electron chi connectivity index (χ0n) is 7.52. The molecule has 4 nitrogen and oxygen atoms in total. The maximum Gasteiger partial charge on any atom is 0.444 e. The number of hydrogen-bond donors (Lipinski definition) is 1. The summed E-state index contributed by atoms with van der Waals surface area (Å²) in [6.45, 7) is 0. The van der Waals surface area contributed by atoms with Crippen LogP contribution in [0.5, 0.6) is 0 Å². The number of benzene rings is 1. The van der Waals surface area contributed by atoms with Gasteiger partial charge in [-0.25, -0.2) is 13.2 Å². The molecule has 0 saturated heterocycles. The predicted molar refractivity (Wildman–Crippen MR) is 51.2 cm³/mol. The Morgan fingerprint density at radius 1 is 1.38 bits per heavy atom. The molecule has 8 heteroatoms. The van der Waals surface area contributed by atoms with Gasteiger partial charge in [-0.15, -0.1) is 0 Å². The highest BCUT2D eigenvalue weighted by atomic mass is 35.5. The SMILES string of the molecule is O=C(O)C(F)(F)S(=O)(=O)c1cccc(Cl)c1. The summed E-state index contributed by atoms with van der Waals surface area (Å²) in [6.07, 6.45) is 0. The van der Waals surface area contributed by atoms with Crippen molar-refractivity contribution >= 4 is 27.4 Å². The van der Waals surface area contributed by atoms with Crippen molar-refractivity contribution in [3.8, 4) is 0 Å². The first-order valence-electron chi connectivity index (χ1n) is 3.81. The molecule has 0 fully saturated rings. The maximum atomic E-state index is 12.9.